The minimum absolute atomic E-state index is 0.566. The summed E-state index contributed by atoms with van der Waals surface area (Å²) >= 11 is 0. The van der Waals surface area contributed by atoms with Gasteiger partial charge in [-0.15, -0.1) is 0 Å². The van der Waals surface area contributed by atoms with Gasteiger partial charge in [0.05, 0.1) is 61.9 Å². The van der Waals surface area contributed by atoms with Gasteiger partial charge in [-0.1, -0.05) is 66.7 Å². The van der Waals surface area contributed by atoms with Crippen molar-refractivity contribution in [3.8, 4) is 40.3 Å². The normalized spacial score (nSPS) is 11.6. The fraction of sp³-hybridized carbons (Fsp3) is 0. The first kappa shape index (κ1) is 30.7. The summed E-state index contributed by atoms with van der Waals surface area (Å²) in [5.74, 6) is 0. The van der Waals surface area contributed by atoms with Crippen molar-refractivity contribution in [1.29, 1.82) is 10.5 Å². The Kier molecular flexibility index (Phi) is 6.58. The molecule has 0 N–H and O–H groups in total. The lowest BCUT2D eigenvalue weighted by Crippen LogP contribution is -1.97. The van der Waals surface area contributed by atoms with Crippen LogP contribution in [0.25, 0.3) is 93.7 Å². The van der Waals surface area contributed by atoms with Crippen molar-refractivity contribution < 1.29 is 0 Å². The van der Waals surface area contributed by atoms with E-state index < -0.39 is 0 Å². The van der Waals surface area contributed by atoms with Gasteiger partial charge in [0.1, 0.15) is 0 Å². The van der Waals surface area contributed by atoms with Crippen LogP contribution in [-0.4, -0.2) is 18.7 Å². The van der Waals surface area contributed by atoms with E-state index in [1.807, 2.05) is 54.7 Å². The molecule has 0 aliphatic heterocycles. The standard InChI is InChI=1S/C49H28N6/c50-29-31-19-20-43-40(26-31)38-14-4-6-16-41(38)55(43)37-25-32(30-51)24-34(28-37)33-10-8-13-36(27-33)54-45-22-21-44-47(48(45)49-46(54)18-9-23-52-49)39-15-5-7-17-42(39)53(44)35-11-2-1-3-12-35/h1-28H. The lowest BCUT2D eigenvalue weighted by atomic mass is 10.0. The van der Waals surface area contributed by atoms with Crippen LogP contribution in [0.3, 0.4) is 0 Å². The number of nitriles is 2. The average molecular weight is 701 g/mol. The molecule has 6 nitrogen and oxygen atoms in total. The zero-order valence-corrected chi connectivity index (χ0v) is 29.3. The number of para-hydroxylation sites is 3. The Bertz CT molecular complexity index is 3460. The van der Waals surface area contributed by atoms with Crippen LogP contribution in [0.1, 0.15) is 11.1 Å². The van der Waals surface area contributed by atoms with Crippen LogP contribution in [0.5, 0.6) is 0 Å². The van der Waals surface area contributed by atoms with Crippen molar-refractivity contribution in [2.45, 2.75) is 0 Å². The van der Waals surface area contributed by atoms with E-state index in [1.165, 1.54) is 10.8 Å². The highest BCUT2D eigenvalue weighted by Gasteiger charge is 2.21. The van der Waals surface area contributed by atoms with Crippen molar-refractivity contribution in [3.05, 3.63) is 181 Å². The topological polar surface area (TPSA) is 75.3 Å². The van der Waals surface area contributed by atoms with E-state index in [0.717, 1.165) is 83.0 Å². The summed E-state index contributed by atoms with van der Waals surface area (Å²) in [7, 11) is 0. The molecule has 4 heterocycles. The highest BCUT2D eigenvalue weighted by molar-refractivity contribution is 6.28. The van der Waals surface area contributed by atoms with E-state index in [0.29, 0.717) is 11.1 Å². The molecule has 0 aliphatic carbocycles. The summed E-state index contributed by atoms with van der Waals surface area (Å²) in [6.07, 6.45) is 1.88. The van der Waals surface area contributed by atoms with Crippen molar-refractivity contribution in [2.75, 3.05) is 0 Å². The molecule has 4 aromatic heterocycles. The molecule has 254 valence electrons. The van der Waals surface area contributed by atoms with Crippen molar-refractivity contribution >= 4 is 65.5 Å². The molecule has 0 aliphatic rings. The molecule has 0 saturated carbocycles. The fourth-order valence-electron chi connectivity index (χ4n) is 8.63. The smallest absolute Gasteiger partial charge is 0.0992 e. The second kappa shape index (κ2) is 11.8. The van der Waals surface area contributed by atoms with Gasteiger partial charge in [-0.3, -0.25) is 4.98 Å². The van der Waals surface area contributed by atoms with E-state index in [-0.39, 0.29) is 0 Å². The summed E-state index contributed by atoms with van der Waals surface area (Å²) in [6, 6.07) is 61.0. The number of hydrogen-bond donors (Lipinski definition) is 0. The van der Waals surface area contributed by atoms with Gasteiger partial charge < -0.3 is 13.7 Å². The summed E-state index contributed by atoms with van der Waals surface area (Å²) in [5, 5.41) is 25.5. The van der Waals surface area contributed by atoms with Gasteiger partial charge in [-0.2, -0.15) is 10.5 Å². The summed E-state index contributed by atoms with van der Waals surface area (Å²) < 4.78 is 6.84. The zero-order chi connectivity index (χ0) is 36.6. The van der Waals surface area contributed by atoms with E-state index in [1.54, 1.807) is 0 Å². The van der Waals surface area contributed by atoms with Gasteiger partial charge in [0.25, 0.3) is 0 Å². The van der Waals surface area contributed by atoms with E-state index in [9.17, 15) is 10.5 Å². The first-order valence-electron chi connectivity index (χ1n) is 18.2. The minimum Gasteiger partial charge on any atom is -0.309 e. The van der Waals surface area contributed by atoms with E-state index in [4.69, 9.17) is 4.98 Å². The number of rotatable bonds is 4. The fourth-order valence-corrected chi connectivity index (χ4v) is 8.63. The maximum atomic E-state index is 10.3. The molecule has 7 aromatic carbocycles. The number of aromatic nitrogens is 4. The number of fused-ring (bicyclic) bond motifs is 10. The Hall–Kier alpha value is -7.93. The van der Waals surface area contributed by atoms with Gasteiger partial charge >= 0.3 is 0 Å². The molecule has 6 heteroatoms. The Labute approximate surface area is 315 Å². The van der Waals surface area contributed by atoms with Gasteiger partial charge in [-0.25, -0.2) is 0 Å². The monoisotopic (exact) mass is 700 g/mol. The Morgan fingerprint density at radius 2 is 1.00 bits per heavy atom. The van der Waals surface area contributed by atoms with Crippen molar-refractivity contribution in [2.24, 2.45) is 0 Å². The Balaban J connectivity index is 1.14. The Morgan fingerprint density at radius 3 is 1.82 bits per heavy atom. The molecule has 0 bridgehead atoms. The van der Waals surface area contributed by atoms with Crippen LogP contribution in [0.4, 0.5) is 0 Å². The van der Waals surface area contributed by atoms with Crippen LogP contribution >= 0.6 is 0 Å². The van der Waals surface area contributed by atoms with Crippen molar-refractivity contribution in [3.63, 3.8) is 0 Å². The SMILES string of the molecule is N#Cc1cc(-c2cccc(-n3c4cccnc4c4c5c6ccccc6n(-c6ccccc6)c5ccc43)c2)cc(-n2c3ccccc3c3cc(C#N)ccc32)c1. The van der Waals surface area contributed by atoms with Crippen LogP contribution in [-0.2, 0) is 0 Å². The van der Waals surface area contributed by atoms with Gasteiger partial charge in [0.15, 0.2) is 0 Å². The van der Waals surface area contributed by atoms with Gasteiger partial charge in [0, 0.05) is 50.2 Å². The summed E-state index contributed by atoms with van der Waals surface area (Å²) in [5.41, 5.74) is 13.4. The van der Waals surface area contributed by atoms with E-state index in [2.05, 4.69) is 141 Å². The predicted molar refractivity (Wildman–Crippen MR) is 222 cm³/mol. The Morgan fingerprint density at radius 1 is 0.382 bits per heavy atom. The van der Waals surface area contributed by atoms with Crippen molar-refractivity contribution in [1.82, 2.24) is 18.7 Å². The third-order valence-electron chi connectivity index (χ3n) is 10.9. The quantitative estimate of drug-likeness (QED) is 0.183. The van der Waals surface area contributed by atoms with Crippen LogP contribution in [0.15, 0.2) is 170 Å². The highest BCUT2D eigenvalue weighted by atomic mass is 15.0. The molecule has 0 atom stereocenters. The second-order valence-electron chi connectivity index (χ2n) is 13.9. The average Bonchev–Trinajstić information content (AvgIpc) is 3.89. The highest BCUT2D eigenvalue weighted by Crippen LogP contribution is 2.42. The maximum absolute atomic E-state index is 10.3. The molecular weight excluding hydrogens is 673 g/mol. The zero-order valence-electron chi connectivity index (χ0n) is 29.3. The van der Waals surface area contributed by atoms with Gasteiger partial charge in [0.2, 0.25) is 0 Å². The number of nitrogens with zero attached hydrogens (tertiary/aromatic N) is 6. The lowest BCUT2D eigenvalue weighted by Gasteiger charge is -2.13. The summed E-state index contributed by atoms with van der Waals surface area (Å²) in [6.45, 7) is 0. The molecule has 0 saturated heterocycles. The molecule has 0 unspecified atom stereocenters. The summed E-state index contributed by atoms with van der Waals surface area (Å²) in [4.78, 5) is 5.01. The number of hydrogen-bond acceptors (Lipinski definition) is 3. The van der Waals surface area contributed by atoms with Gasteiger partial charge in [-0.05, 0) is 108 Å². The third kappa shape index (κ3) is 4.50. The van der Waals surface area contributed by atoms with Crippen LogP contribution < -0.4 is 0 Å². The largest absolute Gasteiger partial charge is 0.309 e. The molecule has 11 rings (SSSR count). The molecular formula is C49H28N6. The van der Waals surface area contributed by atoms with E-state index >= 15 is 0 Å². The first-order chi connectivity index (χ1) is 27.2. The van der Waals surface area contributed by atoms with Crippen LogP contribution in [0.2, 0.25) is 0 Å². The molecule has 0 fully saturated rings. The predicted octanol–water partition coefficient (Wildman–Crippen LogP) is 11.8. The second-order valence-corrected chi connectivity index (χ2v) is 13.9. The molecule has 0 radical (unpaired) electrons. The number of pyridine rings is 1. The molecule has 11 aromatic rings. The third-order valence-corrected chi connectivity index (χ3v) is 10.9. The molecule has 0 amide bonds. The number of benzene rings is 7. The lowest BCUT2D eigenvalue weighted by molar-refractivity contribution is 1.17. The minimum atomic E-state index is 0.566. The molecule has 0 spiro atoms. The first-order valence-corrected chi connectivity index (χ1v) is 18.2. The molecule has 55 heavy (non-hydrogen) atoms. The maximum Gasteiger partial charge on any atom is 0.0992 e. The van der Waals surface area contributed by atoms with Crippen LogP contribution in [0, 0.1) is 22.7 Å².